The summed E-state index contributed by atoms with van der Waals surface area (Å²) in [5, 5.41) is 5.64. The number of halogens is 2. The Labute approximate surface area is 151 Å². The third-order valence-electron chi connectivity index (χ3n) is 3.10. The molecule has 23 heavy (non-hydrogen) atoms. The highest BCUT2D eigenvalue weighted by atomic mass is 79.9. The van der Waals surface area contributed by atoms with Crippen molar-refractivity contribution in [3.8, 4) is 0 Å². The lowest BCUT2D eigenvalue weighted by Gasteiger charge is -2.08. The average molecular weight is 440 g/mol. The molecule has 0 bridgehead atoms. The number of hydrogen-bond donors (Lipinski definition) is 2. The SMILES string of the molecule is O=C(CCCC(=O)Nc1ccccc1Br)Nc1ccccc1Br. The summed E-state index contributed by atoms with van der Waals surface area (Å²) >= 11 is 6.75. The van der Waals surface area contributed by atoms with Crippen molar-refractivity contribution in [2.45, 2.75) is 19.3 Å². The topological polar surface area (TPSA) is 58.2 Å². The molecule has 0 radical (unpaired) electrons. The van der Waals surface area contributed by atoms with E-state index in [1.54, 1.807) is 0 Å². The lowest BCUT2D eigenvalue weighted by molar-refractivity contribution is -0.117. The lowest BCUT2D eigenvalue weighted by atomic mass is 10.2. The molecule has 2 amide bonds. The first-order valence-electron chi connectivity index (χ1n) is 7.15. The predicted octanol–water partition coefficient (Wildman–Crippen LogP) is 4.96. The number of anilines is 2. The van der Waals surface area contributed by atoms with Gasteiger partial charge in [-0.25, -0.2) is 0 Å². The van der Waals surface area contributed by atoms with E-state index in [1.165, 1.54) is 0 Å². The number of para-hydroxylation sites is 2. The van der Waals surface area contributed by atoms with Gasteiger partial charge < -0.3 is 10.6 Å². The Kier molecular flexibility index (Phi) is 6.80. The molecule has 0 unspecified atom stereocenters. The van der Waals surface area contributed by atoms with Gasteiger partial charge >= 0.3 is 0 Å². The minimum atomic E-state index is -0.106. The minimum absolute atomic E-state index is 0.106. The van der Waals surface area contributed by atoms with Gasteiger partial charge in [-0.2, -0.15) is 0 Å². The Balaban J connectivity index is 1.74. The minimum Gasteiger partial charge on any atom is -0.325 e. The van der Waals surface area contributed by atoms with E-state index in [0.717, 1.165) is 20.3 Å². The van der Waals surface area contributed by atoms with Crippen LogP contribution in [0, 0.1) is 0 Å². The molecule has 2 rings (SSSR count). The lowest BCUT2D eigenvalue weighted by Crippen LogP contribution is -2.15. The summed E-state index contributed by atoms with van der Waals surface area (Å²) in [4.78, 5) is 23.8. The van der Waals surface area contributed by atoms with Gasteiger partial charge in [0.15, 0.2) is 0 Å². The third-order valence-corrected chi connectivity index (χ3v) is 4.49. The molecule has 0 aliphatic carbocycles. The van der Waals surface area contributed by atoms with E-state index in [-0.39, 0.29) is 11.8 Å². The summed E-state index contributed by atoms with van der Waals surface area (Å²) in [6.07, 6.45) is 1.09. The first-order valence-corrected chi connectivity index (χ1v) is 8.73. The summed E-state index contributed by atoms with van der Waals surface area (Å²) in [5.74, 6) is -0.212. The van der Waals surface area contributed by atoms with Crippen molar-refractivity contribution >= 4 is 55.0 Å². The second-order valence-electron chi connectivity index (χ2n) is 4.91. The van der Waals surface area contributed by atoms with Crippen LogP contribution >= 0.6 is 31.9 Å². The van der Waals surface area contributed by atoms with Crippen molar-refractivity contribution in [1.82, 2.24) is 0 Å². The zero-order valence-corrected chi connectivity index (χ0v) is 15.5. The van der Waals surface area contributed by atoms with Crippen LogP contribution < -0.4 is 10.6 Å². The largest absolute Gasteiger partial charge is 0.325 e. The van der Waals surface area contributed by atoms with Gasteiger partial charge in [-0.15, -0.1) is 0 Å². The zero-order valence-electron chi connectivity index (χ0n) is 12.3. The normalized spacial score (nSPS) is 10.2. The van der Waals surface area contributed by atoms with Crippen LogP contribution in [0.2, 0.25) is 0 Å². The van der Waals surface area contributed by atoms with E-state index in [0.29, 0.717) is 19.3 Å². The van der Waals surface area contributed by atoms with Gasteiger partial charge in [0.05, 0.1) is 11.4 Å². The van der Waals surface area contributed by atoms with Crippen molar-refractivity contribution in [3.05, 3.63) is 57.5 Å². The molecule has 2 aromatic rings. The van der Waals surface area contributed by atoms with Gasteiger partial charge in [-0.1, -0.05) is 24.3 Å². The monoisotopic (exact) mass is 438 g/mol. The summed E-state index contributed by atoms with van der Waals surface area (Å²) in [7, 11) is 0. The Morgan fingerprint density at radius 3 is 1.52 bits per heavy atom. The van der Waals surface area contributed by atoms with Gasteiger partial charge in [0.25, 0.3) is 0 Å². The number of carbonyl (C=O) groups is 2. The van der Waals surface area contributed by atoms with Crippen LogP contribution in [-0.4, -0.2) is 11.8 Å². The van der Waals surface area contributed by atoms with E-state index in [2.05, 4.69) is 42.5 Å². The van der Waals surface area contributed by atoms with Crippen molar-refractivity contribution in [3.63, 3.8) is 0 Å². The third kappa shape index (κ3) is 5.80. The molecular weight excluding hydrogens is 424 g/mol. The van der Waals surface area contributed by atoms with Crippen LogP contribution in [-0.2, 0) is 9.59 Å². The van der Waals surface area contributed by atoms with Crippen LogP contribution in [0.5, 0.6) is 0 Å². The van der Waals surface area contributed by atoms with E-state index in [4.69, 9.17) is 0 Å². The quantitative estimate of drug-likeness (QED) is 0.668. The molecular formula is C17H16Br2N2O2. The summed E-state index contributed by atoms with van der Waals surface area (Å²) in [6, 6.07) is 14.8. The maximum Gasteiger partial charge on any atom is 0.224 e. The highest BCUT2D eigenvalue weighted by molar-refractivity contribution is 9.11. The number of carbonyl (C=O) groups excluding carboxylic acids is 2. The molecule has 0 saturated heterocycles. The van der Waals surface area contributed by atoms with Crippen LogP contribution in [0.3, 0.4) is 0 Å². The average Bonchev–Trinajstić information content (AvgIpc) is 2.52. The van der Waals surface area contributed by atoms with Gasteiger partial charge in [-0.3, -0.25) is 9.59 Å². The van der Waals surface area contributed by atoms with Crippen LogP contribution in [0.4, 0.5) is 11.4 Å². The number of benzene rings is 2. The first kappa shape index (κ1) is 17.7. The van der Waals surface area contributed by atoms with Crippen LogP contribution in [0.1, 0.15) is 19.3 Å². The maximum absolute atomic E-state index is 11.9. The fourth-order valence-corrected chi connectivity index (χ4v) is 2.73. The number of rotatable bonds is 6. The molecule has 0 atom stereocenters. The standard InChI is InChI=1S/C17H16Br2N2O2/c18-12-6-1-3-8-14(12)20-16(22)10-5-11-17(23)21-15-9-4-2-7-13(15)19/h1-4,6-9H,5,10-11H2,(H,20,22)(H,21,23). The Morgan fingerprint density at radius 2 is 1.13 bits per heavy atom. The Morgan fingerprint density at radius 1 is 0.739 bits per heavy atom. The van der Waals surface area contributed by atoms with E-state index in [1.807, 2.05) is 48.5 Å². The van der Waals surface area contributed by atoms with E-state index >= 15 is 0 Å². The summed E-state index contributed by atoms with van der Waals surface area (Å²) in [5.41, 5.74) is 1.46. The van der Waals surface area contributed by atoms with Crippen LogP contribution in [0.15, 0.2) is 57.5 Å². The molecule has 0 aliphatic rings. The van der Waals surface area contributed by atoms with Gasteiger partial charge in [0.1, 0.15) is 0 Å². The second-order valence-corrected chi connectivity index (χ2v) is 6.62. The molecule has 120 valence electrons. The van der Waals surface area contributed by atoms with Crippen LogP contribution in [0.25, 0.3) is 0 Å². The molecule has 0 saturated carbocycles. The molecule has 4 nitrogen and oxygen atoms in total. The van der Waals surface area contributed by atoms with Crippen molar-refractivity contribution in [1.29, 1.82) is 0 Å². The Bertz CT molecular complexity index is 645. The van der Waals surface area contributed by atoms with Gasteiger partial charge in [-0.05, 0) is 62.5 Å². The van der Waals surface area contributed by atoms with Crippen molar-refractivity contribution in [2.24, 2.45) is 0 Å². The molecule has 0 spiro atoms. The van der Waals surface area contributed by atoms with Gasteiger partial charge in [0, 0.05) is 21.8 Å². The highest BCUT2D eigenvalue weighted by Crippen LogP contribution is 2.22. The molecule has 2 N–H and O–H groups in total. The van der Waals surface area contributed by atoms with Crippen molar-refractivity contribution in [2.75, 3.05) is 10.6 Å². The number of hydrogen-bond acceptors (Lipinski definition) is 2. The van der Waals surface area contributed by atoms with Crippen molar-refractivity contribution < 1.29 is 9.59 Å². The summed E-state index contributed by atoms with van der Waals surface area (Å²) in [6.45, 7) is 0. The summed E-state index contributed by atoms with van der Waals surface area (Å²) < 4.78 is 1.67. The molecule has 0 aromatic heterocycles. The van der Waals surface area contributed by atoms with E-state index < -0.39 is 0 Å². The number of nitrogens with one attached hydrogen (secondary N) is 2. The fourth-order valence-electron chi connectivity index (χ4n) is 1.96. The zero-order chi connectivity index (χ0) is 16.7. The maximum atomic E-state index is 11.9. The van der Waals surface area contributed by atoms with E-state index in [9.17, 15) is 9.59 Å². The fraction of sp³-hybridized carbons (Fsp3) is 0.176. The number of amides is 2. The van der Waals surface area contributed by atoms with Gasteiger partial charge in [0.2, 0.25) is 11.8 Å². The molecule has 0 fully saturated rings. The highest BCUT2D eigenvalue weighted by Gasteiger charge is 2.08. The first-order chi connectivity index (χ1) is 11.1. The molecule has 0 aliphatic heterocycles. The molecule has 0 heterocycles. The predicted molar refractivity (Wildman–Crippen MR) is 99.4 cm³/mol. The smallest absolute Gasteiger partial charge is 0.224 e. The molecule has 2 aromatic carbocycles. The molecule has 6 heteroatoms. The Hall–Kier alpha value is -1.66. The second kappa shape index (κ2) is 8.84.